The minimum atomic E-state index is 0.262. The monoisotopic (exact) mass is 289 g/mol. The predicted molar refractivity (Wildman–Crippen MR) is 90.3 cm³/mol. The molecule has 20 heavy (non-hydrogen) atoms. The Morgan fingerprint density at radius 2 is 1.95 bits per heavy atom. The second-order valence-corrected chi connectivity index (χ2v) is 7.53. The lowest BCUT2D eigenvalue weighted by Crippen LogP contribution is -2.37. The predicted octanol–water partition coefficient (Wildman–Crippen LogP) is 4.89. The van der Waals surface area contributed by atoms with Gasteiger partial charge in [-0.1, -0.05) is 43.7 Å². The molecule has 2 heteroatoms. The second-order valence-electron chi connectivity index (χ2n) is 6.35. The Kier molecular flexibility index (Phi) is 5.74. The molecule has 0 aromatic heterocycles. The Bertz CT molecular complexity index is 436. The van der Waals surface area contributed by atoms with E-state index in [0.717, 1.165) is 6.54 Å². The highest BCUT2D eigenvalue weighted by atomic mass is 32.2. The van der Waals surface area contributed by atoms with Crippen molar-refractivity contribution >= 4 is 11.8 Å². The summed E-state index contributed by atoms with van der Waals surface area (Å²) in [7, 11) is 2.06. The standard InChI is InChI=1S/C18H27NS/c1-18(2,14-19-3)17(15-10-6-4-7-11-15)20-16-12-8-5-9-13-16/h5,8-10,12-13,17,19H,4,6-7,11,14H2,1-3H3. The number of hydrogen-bond donors (Lipinski definition) is 1. The third-order valence-electron chi connectivity index (χ3n) is 4.00. The van der Waals surface area contributed by atoms with Crippen LogP contribution >= 0.6 is 11.8 Å². The van der Waals surface area contributed by atoms with Crippen molar-refractivity contribution in [3.8, 4) is 0 Å². The normalized spacial score (nSPS) is 17.6. The molecule has 110 valence electrons. The van der Waals surface area contributed by atoms with Gasteiger partial charge in [0.05, 0.1) is 0 Å². The molecule has 0 amide bonds. The van der Waals surface area contributed by atoms with Gasteiger partial charge in [-0.05, 0) is 50.3 Å². The molecule has 1 aromatic carbocycles. The van der Waals surface area contributed by atoms with Crippen LogP contribution in [0, 0.1) is 5.41 Å². The molecule has 2 rings (SSSR count). The maximum absolute atomic E-state index is 3.37. The van der Waals surface area contributed by atoms with Crippen molar-refractivity contribution in [1.29, 1.82) is 0 Å². The quantitative estimate of drug-likeness (QED) is 0.591. The fraction of sp³-hybridized carbons (Fsp3) is 0.556. The fourth-order valence-corrected chi connectivity index (χ4v) is 4.38. The smallest absolute Gasteiger partial charge is 0.0367 e. The highest BCUT2D eigenvalue weighted by molar-refractivity contribution is 8.00. The van der Waals surface area contributed by atoms with Crippen molar-refractivity contribution in [2.75, 3.05) is 13.6 Å². The van der Waals surface area contributed by atoms with E-state index in [1.165, 1.54) is 30.6 Å². The molecule has 1 nitrogen and oxygen atoms in total. The molecule has 0 saturated heterocycles. The van der Waals surface area contributed by atoms with Crippen molar-refractivity contribution < 1.29 is 0 Å². The van der Waals surface area contributed by atoms with Crippen LogP contribution in [0.2, 0.25) is 0 Å². The number of allylic oxidation sites excluding steroid dienone is 1. The van der Waals surface area contributed by atoms with Gasteiger partial charge in [-0.15, -0.1) is 11.8 Å². The Balaban J connectivity index is 2.21. The number of rotatable bonds is 6. The average Bonchev–Trinajstić information content (AvgIpc) is 2.46. The summed E-state index contributed by atoms with van der Waals surface area (Å²) < 4.78 is 0. The summed E-state index contributed by atoms with van der Waals surface area (Å²) in [6, 6.07) is 10.8. The first-order valence-corrected chi connectivity index (χ1v) is 8.57. The van der Waals surface area contributed by atoms with Gasteiger partial charge in [0, 0.05) is 16.7 Å². The van der Waals surface area contributed by atoms with Gasteiger partial charge in [-0.3, -0.25) is 0 Å². The SMILES string of the molecule is CNCC(C)(C)C(Sc1ccccc1)C1=CCCCC1. The van der Waals surface area contributed by atoms with Crippen molar-refractivity contribution in [1.82, 2.24) is 5.32 Å². The third-order valence-corrected chi connectivity index (χ3v) is 5.72. The second kappa shape index (κ2) is 7.33. The lowest BCUT2D eigenvalue weighted by Gasteiger charge is -2.37. The van der Waals surface area contributed by atoms with Gasteiger partial charge in [-0.25, -0.2) is 0 Å². The summed E-state index contributed by atoms with van der Waals surface area (Å²) in [5.74, 6) is 0. The fourth-order valence-electron chi connectivity index (χ4n) is 3.02. The molecule has 0 fully saturated rings. The first-order valence-electron chi connectivity index (χ1n) is 7.69. The van der Waals surface area contributed by atoms with E-state index in [0.29, 0.717) is 5.25 Å². The van der Waals surface area contributed by atoms with Gasteiger partial charge < -0.3 is 5.32 Å². The van der Waals surface area contributed by atoms with Crippen LogP contribution in [0.3, 0.4) is 0 Å². The largest absolute Gasteiger partial charge is 0.319 e. The van der Waals surface area contributed by atoms with Gasteiger partial charge >= 0.3 is 0 Å². The summed E-state index contributed by atoms with van der Waals surface area (Å²) >= 11 is 2.03. The third kappa shape index (κ3) is 4.13. The molecule has 0 bridgehead atoms. The van der Waals surface area contributed by atoms with Crippen LogP contribution in [0.1, 0.15) is 39.5 Å². The van der Waals surface area contributed by atoms with E-state index >= 15 is 0 Å². The first kappa shape index (κ1) is 15.7. The van der Waals surface area contributed by atoms with Crippen molar-refractivity contribution in [2.24, 2.45) is 5.41 Å². The number of hydrogen-bond acceptors (Lipinski definition) is 2. The molecule has 0 saturated carbocycles. The maximum atomic E-state index is 3.37. The molecular formula is C18H27NS. The summed E-state index contributed by atoms with van der Waals surface area (Å²) in [5.41, 5.74) is 1.92. The van der Waals surface area contributed by atoms with E-state index in [1.54, 1.807) is 5.57 Å². The van der Waals surface area contributed by atoms with Crippen LogP contribution in [-0.2, 0) is 0 Å². The summed E-state index contributed by atoms with van der Waals surface area (Å²) in [4.78, 5) is 1.38. The van der Waals surface area contributed by atoms with Gasteiger partial charge in [0.25, 0.3) is 0 Å². The molecule has 0 spiro atoms. The lowest BCUT2D eigenvalue weighted by molar-refractivity contribution is 0.352. The van der Waals surface area contributed by atoms with E-state index in [2.05, 4.69) is 62.6 Å². The molecule has 1 atom stereocenters. The summed E-state index contributed by atoms with van der Waals surface area (Å²) in [6.07, 6.45) is 7.75. The Morgan fingerprint density at radius 3 is 2.55 bits per heavy atom. The Labute approximate surface area is 128 Å². The molecule has 1 aliphatic carbocycles. The molecule has 0 heterocycles. The zero-order chi connectivity index (χ0) is 14.4. The summed E-state index contributed by atoms with van der Waals surface area (Å²) in [5, 5.41) is 3.94. The van der Waals surface area contributed by atoms with Crippen LogP contribution in [0.5, 0.6) is 0 Å². The van der Waals surface area contributed by atoms with Crippen LogP contribution in [0.4, 0.5) is 0 Å². The van der Waals surface area contributed by atoms with E-state index in [9.17, 15) is 0 Å². The number of nitrogens with one attached hydrogen (secondary N) is 1. The molecule has 0 radical (unpaired) electrons. The van der Waals surface area contributed by atoms with Crippen molar-refractivity contribution in [3.05, 3.63) is 42.0 Å². The van der Waals surface area contributed by atoms with E-state index in [4.69, 9.17) is 0 Å². The molecule has 1 unspecified atom stereocenters. The Hall–Kier alpha value is -0.730. The zero-order valence-electron chi connectivity index (χ0n) is 13.0. The minimum Gasteiger partial charge on any atom is -0.319 e. The van der Waals surface area contributed by atoms with Crippen LogP contribution < -0.4 is 5.32 Å². The van der Waals surface area contributed by atoms with Gasteiger partial charge in [-0.2, -0.15) is 0 Å². The first-order chi connectivity index (χ1) is 9.63. The molecule has 1 aromatic rings. The highest BCUT2D eigenvalue weighted by Gasteiger charge is 2.32. The van der Waals surface area contributed by atoms with Crippen LogP contribution in [0.15, 0.2) is 46.9 Å². The number of benzene rings is 1. The maximum Gasteiger partial charge on any atom is 0.0367 e. The molecule has 0 aliphatic heterocycles. The number of thioether (sulfide) groups is 1. The van der Waals surface area contributed by atoms with E-state index in [1.807, 2.05) is 11.8 Å². The van der Waals surface area contributed by atoms with Crippen LogP contribution in [-0.4, -0.2) is 18.8 Å². The molecule has 1 N–H and O–H groups in total. The van der Waals surface area contributed by atoms with Gasteiger partial charge in [0.15, 0.2) is 0 Å². The highest BCUT2D eigenvalue weighted by Crippen LogP contribution is 2.42. The minimum absolute atomic E-state index is 0.262. The molecular weight excluding hydrogens is 262 g/mol. The lowest BCUT2D eigenvalue weighted by atomic mass is 9.81. The van der Waals surface area contributed by atoms with Gasteiger partial charge in [0.2, 0.25) is 0 Å². The van der Waals surface area contributed by atoms with E-state index < -0.39 is 0 Å². The van der Waals surface area contributed by atoms with E-state index in [-0.39, 0.29) is 5.41 Å². The Morgan fingerprint density at radius 1 is 1.20 bits per heavy atom. The van der Waals surface area contributed by atoms with Gasteiger partial charge in [0.1, 0.15) is 0 Å². The van der Waals surface area contributed by atoms with Crippen LogP contribution in [0.25, 0.3) is 0 Å². The average molecular weight is 289 g/mol. The van der Waals surface area contributed by atoms with Crippen molar-refractivity contribution in [2.45, 2.75) is 49.7 Å². The zero-order valence-corrected chi connectivity index (χ0v) is 13.8. The summed E-state index contributed by atoms with van der Waals surface area (Å²) in [6.45, 7) is 5.83. The topological polar surface area (TPSA) is 12.0 Å². The van der Waals surface area contributed by atoms with Crippen molar-refractivity contribution in [3.63, 3.8) is 0 Å². The molecule has 1 aliphatic rings.